The van der Waals surface area contributed by atoms with Crippen LogP contribution in [-0.2, 0) is 12.1 Å². The fraction of sp³-hybridized carbons (Fsp3) is 0.360. The number of imidazole rings is 1. The second-order valence-corrected chi connectivity index (χ2v) is 9.44. The Hall–Kier alpha value is -3.93. The first-order chi connectivity index (χ1) is 17.5. The SMILES string of the molecule is COc1nc(-c2nnc3n2CCC[C@]3(Oc2cc(F)c(F)c(F)c2)C(C)(C)O)ccc1-n1cnc(C)c1. The standard InChI is InChI=1S/C25H25F3N6O3/c1-14-12-33(13-29-14)19-7-6-18(30-22(19)36-4)21-31-32-23-25(24(2,3)35,8-5-9-34(21)23)37-15-10-16(26)20(28)17(27)11-15/h6-7,10-13,35H,5,8-9H2,1-4H3/t25-/m1/s1. The number of hydrogen-bond acceptors (Lipinski definition) is 7. The summed E-state index contributed by atoms with van der Waals surface area (Å²) in [4.78, 5) is 8.85. The molecule has 5 rings (SSSR count). The topological polar surface area (TPSA) is 100 Å². The van der Waals surface area contributed by atoms with Crippen LogP contribution in [0.1, 0.15) is 38.2 Å². The zero-order valence-corrected chi connectivity index (χ0v) is 20.7. The highest BCUT2D eigenvalue weighted by Gasteiger charge is 2.53. The van der Waals surface area contributed by atoms with Crippen molar-refractivity contribution in [1.82, 2.24) is 29.3 Å². The summed E-state index contributed by atoms with van der Waals surface area (Å²) in [5, 5.41) is 19.9. The number of hydrogen-bond donors (Lipinski definition) is 1. The number of aliphatic hydroxyl groups is 1. The molecule has 0 spiro atoms. The Balaban J connectivity index is 1.60. The lowest BCUT2D eigenvalue weighted by Gasteiger charge is -2.44. The number of ether oxygens (including phenoxy) is 2. The summed E-state index contributed by atoms with van der Waals surface area (Å²) in [7, 11) is 1.51. The molecule has 1 aromatic carbocycles. The summed E-state index contributed by atoms with van der Waals surface area (Å²) in [5.74, 6) is -3.70. The second kappa shape index (κ2) is 8.87. The van der Waals surface area contributed by atoms with Gasteiger partial charge in [0.1, 0.15) is 22.7 Å². The van der Waals surface area contributed by atoms with Crippen LogP contribution in [0.3, 0.4) is 0 Å². The molecule has 0 saturated heterocycles. The molecule has 0 aliphatic carbocycles. The summed E-state index contributed by atoms with van der Waals surface area (Å²) < 4.78 is 56.5. The summed E-state index contributed by atoms with van der Waals surface area (Å²) in [6.45, 7) is 5.38. The van der Waals surface area contributed by atoms with Crippen LogP contribution < -0.4 is 9.47 Å². The van der Waals surface area contributed by atoms with Crippen molar-refractivity contribution in [2.45, 2.75) is 51.4 Å². The van der Waals surface area contributed by atoms with E-state index in [1.807, 2.05) is 19.2 Å². The third-order valence-electron chi connectivity index (χ3n) is 6.51. The maximum absolute atomic E-state index is 13.9. The van der Waals surface area contributed by atoms with Crippen molar-refractivity contribution in [3.63, 3.8) is 0 Å². The molecule has 1 atom stereocenters. The van der Waals surface area contributed by atoms with E-state index in [-0.39, 0.29) is 18.0 Å². The minimum Gasteiger partial charge on any atom is -0.479 e. The summed E-state index contributed by atoms with van der Waals surface area (Å²) in [5.41, 5.74) is -1.13. The highest BCUT2D eigenvalue weighted by Crippen LogP contribution is 2.45. The fourth-order valence-corrected chi connectivity index (χ4v) is 4.65. The zero-order valence-electron chi connectivity index (χ0n) is 20.7. The lowest BCUT2D eigenvalue weighted by atomic mass is 9.79. The van der Waals surface area contributed by atoms with Gasteiger partial charge in [0.25, 0.3) is 0 Å². The van der Waals surface area contributed by atoms with Crippen LogP contribution >= 0.6 is 0 Å². The van der Waals surface area contributed by atoms with Crippen molar-refractivity contribution in [3.8, 4) is 28.8 Å². The minimum atomic E-state index is -1.60. The van der Waals surface area contributed by atoms with Gasteiger partial charge < -0.3 is 23.7 Å². The molecule has 0 amide bonds. The van der Waals surface area contributed by atoms with Crippen LogP contribution in [-0.4, -0.2) is 47.1 Å². The Labute approximate surface area is 210 Å². The molecule has 37 heavy (non-hydrogen) atoms. The molecule has 4 heterocycles. The lowest BCUT2D eigenvalue weighted by molar-refractivity contribution is -0.137. The first kappa shape index (κ1) is 24.8. The summed E-state index contributed by atoms with van der Waals surface area (Å²) in [6, 6.07) is 5.06. The van der Waals surface area contributed by atoms with Crippen molar-refractivity contribution in [1.29, 1.82) is 0 Å². The van der Waals surface area contributed by atoms with Crippen LogP contribution in [0.15, 0.2) is 36.8 Å². The highest BCUT2D eigenvalue weighted by molar-refractivity contribution is 5.56. The van der Waals surface area contributed by atoms with Crippen molar-refractivity contribution in [3.05, 3.63) is 65.8 Å². The van der Waals surface area contributed by atoms with Crippen LogP contribution in [0.2, 0.25) is 0 Å². The van der Waals surface area contributed by atoms with Crippen molar-refractivity contribution in [2.75, 3.05) is 7.11 Å². The molecule has 1 N–H and O–H groups in total. The quantitative estimate of drug-likeness (QED) is 0.387. The van der Waals surface area contributed by atoms with E-state index in [1.54, 1.807) is 21.5 Å². The van der Waals surface area contributed by atoms with E-state index in [4.69, 9.17) is 9.47 Å². The van der Waals surface area contributed by atoms with Gasteiger partial charge in [0.2, 0.25) is 5.88 Å². The molecular weight excluding hydrogens is 489 g/mol. The molecule has 1 aliphatic rings. The fourth-order valence-electron chi connectivity index (χ4n) is 4.65. The molecule has 9 nitrogen and oxygen atoms in total. The molecule has 0 fully saturated rings. The average molecular weight is 515 g/mol. The van der Waals surface area contributed by atoms with Gasteiger partial charge in [-0.1, -0.05) is 0 Å². The zero-order chi connectivity index (χ0) is 26.5. The molecule has 12 heteroatoms. The predicted molar refractivity (Wildman–Crippen MR) is 126 cm³/mol. The Morgan fingerprint density at radius 1 is 1.11 bits per heavy atom. The number of methoxy groups -OCH3 is 1. The Kier molecular flexibility index (Phi) is 5.94. The first-order valence-electron chi connectivity index (χ1n) is 11.6. The van der Waals surface area contributed by atoms with Gasteiger partial charge >= 0.3 is 0 Å². The summed E-state index contributed by atoms with van der Waals surface area (Å²) in [6.07, 6.45) is 4.29. The molecule has 0 saturated carbocycles. The van der Waals surface area contributed by atoms with Gasteiger partial charge in [0.15, 0.2) is 34.7 Å². The van der Waals surface area contributed by atoms with E-state index in [0.29, 0.717) is 36.1 Å². The van der Waals surface area contributed by atoms with Crippen molar-refractivity contribution >= 4 is 0 Å². The highest BCUT2D eigenvalue weighted by atomic mass is 19.2. The van der Waals surface area contributed by atoms with E-state index < -0.39 is 28.7 Å². The number of nitrogens with zero attached hydrogens (tertiary/aromatic N) is 6. The molecule has 0 radical (unpaired) electrons. The Morgan fingerprint density at radius 2 is 1.84 bits per heavy atom. The molecular formula is C25H25F3N6O3. The number of aromatic nitrogens is 6. The van der Waals surface area contributed by atoms with E-state index >= 15 is 0 Å². The number of pyridine rings is 1. The maximum Gasteiger partial charge on any atom is 0.238 e. The number of aryl methyl sites for hydroxylation is 1. The smallest absolute Gasteiger partial charge is 0.238 e. The van der Waals surface area contributed by atoms with E-state index in [1.165, 1.54) is 21.0 Å². The van der Waals surface area contributed by atoms with Crippen LogP contribution in [0.4, 0.5) is 13.2 Å². The third kappa shape index (κ3) is 4.10. The van der Waals surface area contributed by atoms with Crippen LogP contribution in [0.25, 0.3) is 17.2 Å². The monoisotopic (exact) mass is 514 g/mol. The van der Waals surface area contributed by atoms with Crippen molar-refractivity contribution < 1.29 is 27.8 Å². The van der Waals surface area contributed by atoms with Crippen LogP contribution in [0, 0.1) is 24.4 Å². The molecule has 1 aliphatic heterocycles. The predicted octanol–water partition coefficient (Wildman–Crippen LogP) is 4.10. The van der Waals surface area contributed by atoms with E-state index in [2.05, 4.69) is 20.2 Å². The number of fused-ring (bicyclic) bond motifs is 1. The molecule has 0 bridgehead atoms. The number of rotatable bonds is 6. The van der Waals surface area contributed by atoms with Gasteiger partial charge in [-0.3, -0.25) is 0 Å². The number of halogens is 3. The van der Waals surface area contributed by atoms with Crippen molar-refractivity contribution in [2.24, 2.45) is 0 Å². The third-order valence-corrected chi connectivity index (χ3v) is 6.51. The average Bonchev–Trinajstić information content (AvgIpc) is 3.48. The minimum absolute atomic E-state index is 0.251. The van der Waals surface area contributed by atoms with Gasteiger partial charge in [-0.15, -0.1) is 10.2 Å². The molecule has 194 valence electrons. The number of benzene rings is 1. The normalized spacial score (nSPS) is 17.5. The van der Waals surface area contributed by atoms with E-state index in [9.17, 15) is 18.3 Å². The molecule has 0 unspecified atom stereocenters. The molecule has 4 aromatic rings. The van der Waals surface area contributed by atoms with Gasteiger partial charge in [-0.25, -0.2) is 23.1 Å². The maximum atomic E-state index is 13.9. The van der Waals surface area contributed by atoms with Crippen LogP contribution in [0.5, 0.6) is 11.6 Å². The first-order valence-corrected chi connectivity index (χ1v) is 11.6. The molecule has 3 aromatic heterocycles. The van der Waals surface area contributed by atoms with E-state index in [0.717, 1.165) is 17.8 Å². The Bertz CT molecular complexity index is 1460. The largest absolute Gasteiger partial charge is 0.479 e. The van der Waals surface area contributed by atoms with Gasteiger partial charge in [0.05, 0.1) is 19.1 Å². The second-order valence-electron chi connectivity index (χ2n) is 9.44. The van der Waals surface area contributed by atoms with Gasteiger partial charge in [-0.05, 0) is 45.7 Å². The summed E-state index contributed by atoms with van der Waals surface area (Å²) >= 11 is 0. The lowest BCUT2D eigenvalue weighted by Crippen LogP contribution is -2.55. The van der Waals surface area contributed by atoms with Gasteiger partial charge in [-0.2, -0.15) is 0 Å². The Morgan fingerprint density at radius 3 is 2.46 bits per heavy atom. The van der Waals surface area contributed by atoms with Gasteiger partial charge in [0, 0.05) is 24.9 Å².